The van der Waals surface area contributed by atoms with Crippen molar-refractivity contribution in [2.75, 3.05) is 13.2 Å². The van der Waals surface area contributed by atoms with Gasteiger partial charge in [0.15, 0.2) is 0 Å². The van der Waals surface area contributed by atoms with E-state index >= 15 is 0 Å². The van der Waals surface area contributed by atoms with Crippen LogP contribution in [0.5, 0.6) is 5.75 Å². The van der Waals surface area contributed by atoms with E-state index in [0.29, 0.717) is 17.3 Å². The van der Waals surface area contributed by atoms with Gasteiger partial charge in [-0.1, -0.05) is 60.1 Å². The first-order chi connectivity index (χ1) is 17.1. The molecule has 3 unspecified atom stereocenters. The largest absolute Gasteiger partial charge is 0.487 e. The van der Waals surface area contributed by atoms with Gasteiger partial charge in [0.05, 0.1) is 23.8 Å². The van der Waals surface area contributed by atoms with Crippen LogP contribution in [0.25, 0.3) is 10.8 Å². The SMILES string of the molecule is C[C@@H](OC[C@H](O)CNC(C)(C)Cc1ccc2ccccc2c1)c1ccc(Cl)c2c1C1C(O2)C1C(=O)O. The highest BCUT2D eigenvalue weighted by atomic mass is 35.5. The average molecular weight is 510 g/mol. The molecule has 3 aromatic carbocycles. The third kappa shape index (κ3) is 4.96. The molecule has 5 atom stereocenters. The van der Waals surface area contributed by atoms with E-state index in [9.17, 15) is 15.0 Å². The lowest BCUT2D eigenvalue weighted by molar-refractivity contribution is -0.139. The maximum absolute atomic E-state index is 11.5. The highest BCUT2D eigenvalue weighted by molar-refractivity contribution is 6.32. The van der Waals surface area contributed by atoms with E-state index in [1.165, 1.54) is 16.3 Å². The summed E-state index contributed by atoms with van der Waals surface area (Å²) < 4.78 is 11.8. The molecule has 1 aliphatic heterocycles. The van der Waals surface area contributed by atoms with Gasteiger partial charge in [-0.25, -0.2) is 0 Å². The van der Waals surface area contributed by atoms with Crippen molar-refractivity contribution in [2.45, 2.75) is 57.0 Å². The van der Waals surface area contributed by atoms with Crippen LogP contribution in [0.15, 0.2) is 54.6 Å². The summed E-state index contributed by atoms with van der Waals surface area (Å²) in [5.74, 6) is -1.03. The van der Waals surface area contributed by atoms with Crippen molar-refractivity contribution in [3.63, 3.8) is 0 Å². The zero-order valence-corrected chi connectivity index (χ0v) is 21.5. The van der Waals surface area contributed by atoms with Crippen molar-refractivity contribution < 1.29 is 24.5 Å². The summed E-state index contributed by atoms with van der Waals surface area (Å²) in [6.45, 7) is 6.69. The maximum Gasteiger partial charge on any atom is 0.311 e. The van der Waals surface area contributed by atoms with Gasteiger partial charge in [0.1, 0.15) is 17.8 Å². The fraction of sp³-hybridized carbons (Fsp3) is 0.414. The monoisotopic (exact) mass is 509 g/mol. The first kappa shape index (κ1) is 25.0. The van der Waals surface area contributed by atoms with Gasteiger partial charge in [-0.3, -0.25) is 4.79 Å². The number of fused-ring (bicyclic) bond motifs is 4. The highest BCUT2D eigenvalue weighted by Crippen LogP contribution is 2.61. The van der Waals surface area contributed by atoms with Crippen LogP contribution in [-0.4, -0.2) is 47.1 Å². The van der Waals surface area contributed by atoms with Crippen LogP contribution in [-0.2, 0) is 16.0 Å². The molecule has 2 aliphatic rings. The second kappa shape index (κ2) is 9.67. The van der Waals surface area contributed by atoms with E-state index in [2.05, 4.69) is 49.5 Å². The van der Waals surface area contributed by atoms with Gasteiger partial charge in [0.25, 0.3) is 0 Å². The van der Waals surface area contributed by atoms with Gasteiger partial charge < -0.3 is 25.0 Å². The number of nitrogens with one attached hydrogen (secondary N) is 1. The molecule has 7 heteroatoms. The molecule has 36 heavy (non-hydrogen) atoms. The molecular weight excluding hydrogens is 478 g/mol. The number of β-amino-alcohol motifs (C(OH)–C–C–N with tert-alkyl or cyclic N) is 1. The molecule has 1 aliphatic carbocycles. The average Bonchev–Trinajstić information content (AvgIpc) is 3.43. The molecule has 0 saturated heterocycles. The molecule has 1 heterocycles. The summed E-state index contributed by atoms with van der Waals surface area (Å²) in [5.41, 5.74) is 2.72. The second-order valence-electron chi connectivity index (χ2n) is 10.6. The molecule has 6 nitrogen and oxygen atoms in total. The zero-order valence-electron chi connectivity index (χ0n) is 20.7. The van der Waals surface area contributed by atoms with E-state index in [1.807, 2.05) is 25.1 Å². The topological polar surface area (TPSA) is 88.0 Å². The van der Waals surface area contributed by atoms with Crippen LogP contribution >= 0.6 is 11.6 Å². The smallest absolute Gasteiger partial charge is 0.311 e. The first-order valence-corrected chi connectivity index (χ1v) is 12.8. The molecule has 1 fully saturated rings. The molecule has 0 radical (unpaired) electrons. The van der Waals surface area contributed by atoms with Crippen molar-refractivity contribution in [1.29, 1.82) is 0 Å². The Balaban J connectivity index is 1.16. The van der Waals surface area contributed by atoms with Gasteiger partial charge in [0.2, 0.25) is 0 Å². The predicted molar refractivity (Wildman–Crippen MR) is 140 cm³/mol. The van der Waals surface area contributed by atoms with Crippen molar-refractivity contribution in [1.82, 2.24) is 5.32 Å². The number of aliphatic hydroxyl groups excluding tert-OH is 1. The van der Waals surface area contributed by atoms with Crippen molar-refractivity contribution >= 4 is 28.3 Å². The lowest BCUT2D eigenvalue weighted by atomic mass is 9.93. The fourth-order valence-electron chi connectivity index (χ4n) is 5.33. The Kier molecular flexibility index (Phi) is 6.72. The summed E-state index contributed by atoms with van der Waals surface area (Å²) in [5, 5.41) is 26.5. The normalized spacial score (nSPS) is 22.0. The second-order valence-corrected chi connectivity index (χ2v) is 11.0. The quantitative estimate of drug-likeness (QED) is 0.352. The molecule has 5 rings (SSSR count). The number of rotatable bonds is 10. The van der Waals surface area contributed by atoms with E-state index in [-0.39, 0.29) is 30.3 Å². The van der Waals surface area contributed by atoms with E-state index < -0.39 is 18.0 Å². The van der Waals surface area contributed by atoms with Crippen LogP contribution in [0.1, 0.15) is 49.5 Å². The van der Waals surface area contributed by atoms with Crippen LogP contribution in [0, 0.1) is 5.92 Å². The summed E-state index contributed by atoms with van der Waals surface area (Å²) in [4.78, 5) is 11.5. The Bertz CT molecular complexity index is 1290. The minimum absolute atomic E-state index is 0.148. The standard InChI is InChI=1S/C29H32ClNO5/c1-16(21-10-11-22(30)26-23(21)24-25(28(33)34)27(24)36-26)35-15-20(32)14-31-29(2,3)13-17-8-9-18-6-4-5-7-19(18)12-17/h4-12,16,20,24-25,27,31-32H,13-15H2,1-3H3,(H,33,34)/t16-,20-,24?,25?,27?/m1/s1. The number of hydrogen-bond donors (Lipinski definition) is 3. The van der Waals surface area contributed by atoms with Gasteiger partial charge >= 0.3 is 5.97 Å². The summed E-state index contributed by atoms with van der Waals surface area (Å²) in [6, 6.07) is 18.5. The summed E-state index contributed by atoms with van der Waals surface area (Å²) >= 11 is 6.30. The Morgan fingerprint density at radius 3 is 2.67 bits per heavy atom. The number of benzene rings is 3. The van der Waals surface area contributed by atoms with Crippen molar-refractivity contribution in [3.05, 3.63) is 76.3 Å². The molecule has 3 N–H and O–H groups in total. The Morgan fingerprint density at radius 2 is 1.92 bits per heavy atom. The van der Waals surface area contributed by atoms with Gasteiger partial charge in [0, 0.05) is 23.6 Å². The lowest BCUT2D eigenvalue weighted by Gasteiger charge is -2.28. The van der Waals surface area contributed by atoms with Crippen LogP contribution < -0.4 is 10.1 Å². The lowest BCUT2D eigenvalue weighted by Crippen LogP contribution is -2.46. The van der Waals surface area contributed by atoms with Gasteiger partial charge in [-0.2, -0.15) is 0 Å². The number of carboxylic acid groups (broad SMARTS) is 1. The molecule has 1 saturated carbocycles. The molecule has 190 valence electrons. The maximum atomic E-state index is 11.5. The molecule has 0 aromatic heterocycles. The minimum Gasteiger partial charge on any atom is -0.487 e. The van der Waals surface area contributed by atoms with Crippen LogP contribution in [0.4, 0.5) is 0 Å². The number of halogens is 1. The Morgan fingerprint density at radius 1 is 1.17 bits per heavy atom. The molecule has 0 bridgehead atoms. The third-order valence-corrected chi connectivity index (χ3v) is 7.56. The predicted octanol–water partition coefficient (Wildman–Crippen LogP) is 5.10. The van der Waals surface area contributed by atoms with Gasteiger partial charge in [-0.05, 0) is 55.2 Å². The third-order valence-electron chi connectivity index (χ3n) is 7.26. The molecule has 3 aromatic rings. The number of hydrogen-bond acceptors (Lipinski definition) is 5. The number of carboxylic acids is 1. The molecular formula is C29H32ClNO5. The summed E-state index contributed by atoms with van der Waals surface area (Å²) in [7, 11) is 0. The fourth-order valence-corrected chi connectivity index (χ4v) is 5.54. The highest BCUT2D eigenvalue weighted by Gasteiger charge is 2.64. The number of carbonyl (C=O) groups is 1. The zero-order chi connectivity index (χ0) is 25.6. The minimum atomic E-state index is -0.858. The van der Waals surface area contributed by atoms with E-state index in [4.69, 9.17) is 21.1 Å². The molecule has 0 spiro atoms. The van der Waals surface area contributed by atoms with Gasteiger partial charge in [-0.15, -0.1) is 0 Å². The van der Waals surface area contributed by atoms with E-state index in [0.717, 1.165) is 17.5 Å². The number of ether oxygens (including phenoxy) is 2. The van der Waals surface area contributed by atoms with Crippen molar-refractivity contribution in [2.24, 2.45) is 5.92 Å². The van der Waals surface area contributed by atoms with E-state index in [1.54, 1.807) is 6.07 Å². The van der Waals surface area contributed by atoms with Crippen LogP contribution in [0.2, 0.25) is 5.02 Å². The summed E-state index contributed by atoms with van der Waals surface area (Å²) in [6.07, 6.45) is -0.566. The number of aliphatic hydroxyl groups is 1. The van der Waals surface area contributed by atoms with Crippen molar-refractivity contribution in [3.8, 4) is 5.75 Å². The Hall–Kier alpha value is -2.64. The Labute approximate surface area is 216 Å². The van der Waals surface area contributed by atoms with Crippen LogP contribution in [0.3, 0.4) is 0 Å². The molecule has 0 amide bonds. The first-order valence-electron chi connectivity index (χ1n) is 12.4. The number of aliphatic carboxylic acids is 1.